The highest BCUT2D eigenvalue weighted by Crippen LogP contribution is 2.21. The van der Waals surface area contributed by atoms with Gasteiger partial charge in [-0.2, -0.15) is 0 Å². The number of carbonyl (C=O) groups is 2. The Balaban J connectivity index is 1.66. The SMILES string of the molecule is CC(OC(=O)c1ccc(F)cc1Cl)C(=O)N1CCc2ccccc2C1. The molecule has 130 valence electrons. The van der Waals surface area contributed by atoms with Crippen LogP contribution in [0.4, 0.5) is 4.39 Å². The summed E-state index contributed by atoms with van der Waals surface area (Å²) in [4.78, 5) is 26.4. The van der Waals surface area contributed by atoms with E-state index in [0.717, 1.165) is 24.1 Å². The van der Waals surface area contributed by atoms with Crippen LogP contribution in [-0.2, 0) is 22.5 Å². The number of esters is 1. The molecule has 1 aliphatic heterocycles. The van der Waals surface area contributed by atoms with Crippen molar-refractivity contribution in [3.8, 4) is 0 Å². The van der Waals surface area contributed by atoms with E-state index in [9.17, 15) is 14.0 Å². The Bertz CT molecular complexity index is 824. The van der Waals surface area contributed by atoms with Gasteiger partial charge in [0.1, 0.15) is 5.82 Å². The molecule has 1 amide bonds. The van der Waals surface area contributed by atoms with Crippen LogP contribution in [0, 0.1) is 5.82 Å². The van der Waals surface area contributed by atoms with Gasteiger partial charge in [-0.15, -0.1) is 0 Å². The van der Waals surface area contributed by atoms with Crippen LogP contribution in [0.5, 0.6) is 0 Å². The largest absolute Gasteiger partial charge is 0.449 e. The molecule has 0 radical (unpaired) electrons. The second-order valence-electron chi connectivity index (χ2n) is 5.95. The second kappa shape index (κ2) is 7.23. The third kappa shape index (κ3) is 3.82. The summed E-state index contributed by atoms with van der Waals surface area (Å²) in [6, 6.07) is 11.4. The predicted octanol–water partition coefficient (Wildman–Crippen LogP) is 3.61. The van der Waals surface area contributed by atoms with Crippen molar-refractivity contribution in [1.29, 1.82) is 0 Å². The average molecular weight is 362 g/mol. The zero-order chi connectivity index (χ0) is 18.0. The van der Waals surface area contributed by atoms with Crippen molar-refractivity contribution in [1.82, 2.24) is 4.90 Å². The van der Waals surface area contributed by atoms with Crippen LogP contribution in [0.2, 0.25) is 5.02 Å². The average Bonchev–Trinajstić information content (AvgIpc) is 2.60. The van der Waals surface area contributed by atoms with Crippen molar-refractivity contribution in [3.63, 3.8) is 0 Å². The number of rotatable bonds is 3. The maximum Gasteiger partial charge on any atom is 0.340 e. The summed E-state index contributed by atoms with van der Waals surface area (Å²) in [5.41, 5.74) is 2.36. The van der Waals surface area contributed by atoms with Crippen LogP contribution in [0.25, 0.3) is 0 Å². The van der Waals surface area contributed by atoms with E-state index >= 15 is 0 Å². The summed E-state index contributed by atoms with van der Waals surface area (Å²) in [7, 11) is 0. The lowest BCUT2D eigenvalue weighted by Crippen LogP contribution is -2.42. The molecule has 1 aliphatic rings. The Hall–Kier alpha value is -2.40. The van der Waals surface area contributed by atoms with E-state index < -0.39 is 17.9 Å². The van der Waals surface area contributed by atoms with E-state index in [0.29, 0.717) is 13.1 Å². The number of amides is 1. The molecule has 1 atom stereocenters. The van der Waals surface area contributed by atoms with Crippen LogP contribution in [0.15, 0.2) is 42.5 Å². The first kappa shape index (κ1) is 17.4. The first-order valence-electron chi connectivity index (χ1n) is 7.97. The summed E-state index contributed by atoms with van der Waals surface area (Å²) in [6.45, 7) is 2.60. The van der Waals surface area contributed by atoms with Gasteiger partial charge in [-0.1, -0.05) is 35.9 Å². The number of halogens is 2. The summed E-state index contributed by atoms with van der Waals surface area (Å²) < 4.78 is 18.3. The minimum absolute atomic E-state index is 0.0340. The minimum Gasteiger partial charge on any atom is -0.449 e. The smallest absolute Gasteiger partial charge is 0.340 e. The van der Waals surface area contributed by atoms with Crippen LogP contribution in [-0.4, -0.2) is 29.4 Å². The Morgan fingerprint density at radius 1 is 1.20 bits per heavy atom. The van der Waals surface area contributed by atoms with Crippen molar-refractivity contribution in [2.75, 3.05) is 6.54 Å². The van der Waals surface area contributed by atoms with Crippen LogP contribution >= 0.6 is 11.6 Å². The van der Waals surface area contributed by atoms with Crippen LogP contribution < -0.4 is 0 Å². The molecule has 0 aromatic heterocycles. The summed E-state index contributed by atoms with van der Waals surface area (Å²) >= 11 is 5.86. The molecule has 0 saturated carbocycles. The number of ether oxygens (including phenoxy) is 1. The topological polar surface area (TPSA) is 46.6 Å². The summed E-state index contributed by atoms with van der Waals surface area (Å²) in [5.74, 6) is -1.55. The predicted molar refractivity (Wildman–Crippen MR) is 91.9 cm³/mol. The molecule has 2 aromatic carbocycles. The molecule has 0 fully saturated rings. The van der Waals surface area contributed by atoms with Crippen molar-refractivity contribution in [3.05, 3.63) is 70.0 Å². The van der Waals surface area contributed by atoms with Crippen molar-refractivity contribution < 1.29 is 18.7 Å². The highest BCUT2D eigenvalue weighted by Gasteiger charge is 2.27. The zero-order valence-electron chi connectivity index (χ0n) is 13.7. The molecule has 2 aromatic rings. The lowest BCUT2D eigenvalue weighted by Gasteiger charge is -2.30. The molecule has 0 bridgehead atoms. The van der Waals surface area contributed by atoms with E-state index in [2.05, 4.69) is 6.07 Å². The molecule has 1 unspecified atom stereocenters. The zero-order valence-corrected chi connectivity index (χ0v) is 14.4. The summed E-state index contributed by atoms with van der Waals surface area (Å²) in [6.07, 6.45) is -0.175. The fourth-order valence-corrected chi connectivity index (χ4v) is 3.11. The molecule has 25 heavy (non-hydrogen) atoms. The van der Waals surface area contributed by atoms with E-state index in [1.165, 1.54) is 18.6 Å². The van der Waals surface area contributed by atoms with Gasteiger partial charge in [0, 0.05) is 13.1 Å². The molecule has 1 heterocycles. The molecule has 6 heteroatoms. The van der Waals surface area contributed by atoms with Gasteiger partial charge in [0.25, 0.3) is 5.91 Å². The Kier molecular flexibility index (Phi) is 5.04. The Labute approximate surface area is 150 Å². The number of hydrogen-bond donors (Lipinski definition) is 0. The van der Waals surface area contributed by atoms with Gasteiger partial charge in [-0.25, -0.2) is 9.18 Å². The lowest BCUT2D eigenvalue weighted by atomic mass is 9.99. The fourth-order valence-electron chi connectivity index (χ4n) is 2.87. The maximum atomic E-state index is 13.1. The molecule has 4 nitrogen and oxygen atoms in total. The van der Waals surface area contributed by atoms with Crippen molar-refractivity contribution in [2.45, 2.75) is 26.0 Å². The first-order valence-corrected chi connectivity index (χ1v) is 8.35. The minimum atomic E-state index is -0.945. The van der Waals surface area contributed by atoms with E-state index in [-0.39, 0.29) is 16.5 Å². The standard InChI is InChI=1S/C19H17ClFNO3/c1-12(25-19(24)16-7-6-15(21)10-17(16)20)18(23)22-9-8-13-4-2-3-5-14(13)11-22/h2-7,10,12H,8-9,11H2,1H3. The van der Waals surface area contributed by atoms with Gasteiger partial charge in [-0.3, -0.25) is 4.79 Å². The second-order valence-corrected chi connectivity index (χ2v) is 6.36. The quantitative estimate of drug-likeness (QED) is 0.785. The number of hydrogen-bond acceptors (Lipinski definition) is 3. The first-order chi connectivity index (χ1) is 12.0. The van der Waals surface area contributed by atoms with Gasteiger partial charge in [-0.05, 0) is 42.7 Å². The van der Waals surface area contributed by atoms with Gasteiger partial charge < -0.3 is 9.64 Å². The number of carbonyl (C=O) groups excluding carboxylic acids is 2. The molecule has 0 spiro atoms. The van der Waals surface area contributed by atoms with Crippen LogP contribution in [0.3, 0.4) is 0 Å². The Morgan fingerprint density at radius 2 is 1.92 bits per heavy atom. The van der Waals surface area contributed by atoms with Crippen LogP contribution in [0.1, 0.15) is 28.4 Å². The normalized spacial score (nSPS) is 14.6. The van der Waals surface area contributed by atoms with E-state index in [1.807, 2.05) is 18.2 Å². The molecule has 3 rings (SSSR count). The number of benzene rings is 2. The highest BCUT2D eigenvalue weighted by atomic mass is 35.5. The van der Waals surface area contributed by atoms with E-state index in [4.69, 9.17) is 16.3 Å². The molecule has 0 N–H and O–H groups in total. The van der Waals surface area contributed by atoms with Gasteiger partial charge in [0.2, 0.25) is 0 Å². The van der Waals surface area contributed by atoms with Crippen molar-refractivity contribution in [2.24, 2.45) is 0 Å². The van der Waals surface area contributed by atoms with Gasteiger partial charge >= 0.3 is 5.97 Å². The third-order valence-electron chi connectivity index (χ3n) is 4.22. The maximum absolute atomic E-state index is 13.1. The lowest BCUT2D eigenvalue weighted by molar-refractivity contribution is -0.140. The molecule has 0 aliphatic carbocycles. The van der Waals surface area contributed by atoms with Gasteiger partial charge in [0.05, 0.1) is 10.6 Å². The van der Waals surface area contributed by atoms with Gasteiger partial charge in [0.15, 0.2) is 6.10 Å². The van der Waals surface area contributed by atoms with Crippen molar-refractivity contribution >= 4 is 23.5 Å². The fraction of sp³-hybridized carbons (Fsp3) is 0.263. The molecule has 0 saturated heterocycles. The Morgan fingerprint density at radius 3 is 2.64 bits per heavy atom. The highest BCUT2D eigenvalue weighted by molar-refractivity contribution is 6.33. The number of nitrogens with zero attached hydrogens (tertiary/aromatic N) is 1. The van der Waals surface area contributed by atoms with E-state index in [1.54, 1.807) is 4.90 Å². The monoisotopic (exact) mass is 361 g/mol. The molecular formula is C19H17ClFNO3. The third-order valence-corrected chi connectivity index (χ3v) is 4.54. The number of fused-ring (bicyclic) bond motifs is 1. The molecular weight excluding hydrogens is 345 g/mol. The summed E-state index contributed by atoms with van der Waals surface area (Å²) in [5, 5.41) is -0.0449.